The number of fused-ring (bicyclic) bond motifs is 1. The van der Waals surface area contributed by atoms with Crippen LogP contribution in [0.1, 0.15) is 62.4 Å². The van der Waals surface area contributed by atoms with Crippen molar-refractivity contribution >= 4 is 40.6 Å². The molecule has 37 heavy (non-hydrogen) atoms. The van der Waals surface area contributed by atoms with Gasteiger partial charge in [-0.1, -0.05) is 13.8 Å². The fourth-order valence-corrected chi connectivity index (χ4v) is 4.94. The normalized spacial score (nSPS) is 15.9. The Hall–Kier alpha value is -4.01. The third-order valence-corrected chi connectivity index (χ3v) is 7.30. The van der Waals surface area contributed by atoms with Crippen LogP contribution in [0.2, 0.25) is 0 Å². The first-order valence-electron chi connectivity index (χ1n) is 12.8. The molecule has 0 bridgehead atoms. The Morgan fingerprint density at radius 3 is 2.41 bits per heavy atom. The summed E-state index contributed by atoms with van der Waals surface area (Å²) in [6.45, 7) is 6.67. The monoisotopic (exact) mass is 502 g/mol. The van der Waals surface area contributed by atoms with Crippen molar-refractivity contribution in [2.24, 2.45) is 0 Å². The first-order chi connectivity index (χ1) is 17.9. The van der Waals surface area contributed by atoms with Crippen LogP contribution in [0.15, 0.2) is 48.7 Å². The van der Waals surface area contributed by atoms with E-state index in [-0.39, 0.29) is 29.6 Å². The zero-order valence-corrected chi connectivity index (χ0v) is 21.3. The van der Waals surface area contributed by atoms with E-state index in [1.165, 1.54) is 0 Å². The number of hydrogen-bond donors (Lipinski definition) is 3. The molecule has 1 aliphatic carbocycles. The standard InChI is InChI=1S/C28H31FN6O2/c1-4-28(5-2)21-15-20(13-14-23(21)35(6-3)26(28)37)33-27-30-16-22(29)24(34-27)31-18-9-7-17(8-10-18)25(36)32-19-11-12-19/h7-10,13-16,19H,4-6,11-12H2,1-3H3,(H,32,36)(H2,30,31,33,34). The minimum Gasteiger partial charge on any atom is -0.349 e. The highest BCUT2D eigenvalue weighted by atomic mass is 19.1. The molecule has 192 valence electrons. The average Bonchev–Trinajstić information content (AvgIpc) is 3.69. The molecule has 9 heteroatoms. The van der Waals surface area contributed by atoms with Gasteiger partial charge in [0.1, 0.15) is 0 Å². The number of nitrogens with zero attached hydrogens (tertiary/aromatic N) is 3. The van der Waals surface area contributed by atoms with E-state index in [9.17, 15) is 14.0 Å². The average molecular weight is 503 g/mol. The van der Waals surface area contributed by atoms with Gasteiger partial charge in [0.05, 0.1) is 11.6 Å². The van der Waals surface area contributed by atoms with Crippen molar-refractivity contribution < 1.29 is 14.0 Å². The molecule has 1 aromatic heterocycles. The van der Waals surface area contributed by atoms with Gasteiger partial charge < -0.3 is 20.9 Å². The van der Waals surface area contributed by atoms with Gasteiger partial charge in [-0.05, 0) is 80.6 Å². The second-order valence-electron chi connectivity index (χ2n) is 9.54. The maximum Gasteiger partial charge on any atom is 0.251 e. The molecular weight excluding hydrogens is 471 g/mol. The number of rotatable bonds is 9. The summed E-state index contributed by atoms with van der Waals surface area (Å²) >= 11 is 0. The van der Waals surface area contributed by atoms with Crippen LogP contribution in [0.4, 0.5) is 33.2 Å². The second kappa shape index (κ2) is 9.80. The summed E-state index contributed by atoms with van der Waals surface area (Å²) in [7, 11) is 0. The van der Waals surface area contributed by atoms with E-state index in [0.717, 1.165) is 36.0 Å². The van der Waals surface area contributed by atoms with E-state index in [2.05, 4.69) is 25.9 Å². The van der Waals surface area contributed by atoms with Crippen LogP contribution in [-0.2, 0) is 10.2 Å². The summed E-state index contributed by atoms with van der Waals surface area (Å²) in [5, 5.41) is 9.06. The van der Waals surface area contributed by atoms with Gasteiger partial charge in [0.15, 0.2) is 11.6 Å². The summed E-state index contributed by atoms with van der Waals surface area (Å²) in [6, 6.07) is 12.9. The lowest BCUT2D eigenvalue weighted by atomic mass is 9.77. The Labute approximate surface area is 215 Å². The molecule has 0 unspecified atom stereocenters. The molecule has 8 nitrogen and oxygen atoms in total. The van der Waals surface area contributed by atoms with Crippen LogP contribution < -0.4 is 20.9 Å². The van der Waals surface area contributed by atoms with E-state index < -0.39 is 11.2 Å². The molecule has 1 fully saturated rings. The quantitative estimate of drug-likeness (QED) is 0.361. The highest BCUT2D eigenvalue weighted by Gasteiger charge is 2.47. The lowest BCUT2D eigenvalue weighted by Gasteiger charge is -2.25. The Morgan fingerprint density at radius 2 is 1.76 bits per heavy atom. The van der Waals surface area contributed by atoms with Gasteiger partial charge in [-0.3, -0.25) is 9.59 Å². The van der Waals surface area contributed by atoms with Crippen molar-refractivity contribution in [3.8, 4) is 0 Å². The largest absolute Gasteiger partial charge is 0.349 e. The second-order valence-corrected chi connectivity index (χ2v) is 9.54. The van der Waals surface area contributed by atoms with Gasteiger partial charge >= 0.3 is 0 Å². The van der Waals surface area contributed by atoms with E-state index in [4.69, 9.17) is 0 Å². The number of anilines is 5. The maximum absolute atomic E-state index is 14.5. The SMILES string of the molecule is CCN1C(=O)C(CC)(CC)c2cc(Nc3ncc(F)c(Nc4ccc(C(=O)NC5CC5)cc4)n3)ccc21. The highest BCUT2D eigenvalue weighted by Crippen LogP contribution is 2.47. The van der Waals surface area contributed by atoms with Crippen LogP contribution in [0.5, 0.6) is 0 Å². The summed E-state index contributed by atoms with van der Waals surface area (Å²) in [5.41, 5.74) is 3.23. The molecule has 3 N–H and O–H groups in total. The zero-order chi connectivity index (χ0) is 26.2. The minimum atomic E-state index is -0.602. The fraction of sp³-hybridized carbons (Fsp3) is 0.357. The zero-order valence-electron chi connectivity index (χ0n) is 21.3. The van der Waals surface area contributed by atoms with Crippen molar-refractivity contribution in [2.75, 3.05) is 22.1 Å². The Morgan fingerprint density at radius 1 is 1.05 bits per heavy atom. The predicted molar refractivity (Wildman–Crippen MR) is 142 cm³/mol. The van der Waals surface area contributed by atoms with E-state index in [1.807, 2.05) is 43.9 Å². The number of halogens is 1. The smallest absolute Gasteiger partial charge is 0.251 e. The molecule has 0 saturated heterocycles. The summed E-state index contributed by atoms with van der Waals surface area (Å²) in [5.74, 6) is -0.345. The number of aromatic nitrogens is 2. The molecule has 1 aliphatic heterocycles. The molecule has 2 heterocycles. The third kappa shape index (κ3) is 4.61. The van der Waals surface area contributed by atoms with Crippen LogP contribution >= 0.6 is 0 Å². The van der Waals surface area contributed by atoms with Gasteiger partial charge in [0, 0.05) is 35.2 Å². The lowest BCUT2D eigenvalue weighted by Crippen LogP contribution is -2.39. The fourth-order valence-electron chi connectivity index (χ4n) is 4.94. The first-order valence-corrected chi connectivity index (χ1v) is 12.8. The maximum atomic E-state index is 14.5. The Balaban J connectivity index is 1.35. The van der Waals surface area contributed by atoms with Gasteiger partial charge in [-0.2, -0.15) is 4.98 Å². The van der Waals surface area contributed by atoms with Crippen LogP contribution in [0.25, 0.3) is 0 Å². The van der Waals surface area contributed by atoms with Crippen molar-refractivity contribution in [1.29, 1.82) is 0 Å². The van der Waals surface area contributed by atoms with Crippen molar-refractivity contribution in [2.45, 2.75) is 57.9 Å². The van der Waals surface area contributed by atoms with Crippen molar-refractivity contribution in [3.63, 3.8) is 0 Å². The topological polar surface area (TPSA) is 99.3 Å². The first kappa shape index (κ1) is 24.7. The molecule has 1 saturated carbocycles. The number of carbonyl (C=O) groups is 2. The number of benzene rings is 2. The third-order valence-electron chi connectivity index (χ3n) is 7.30. The van der Waals surface area contributed by atoms with Crippen molar-refractivity contribution in [3.05, 3.63) is 65.6 Å². The minimum absolute atomic E-state index is 0.0117. The Bertz CT molecular complexity index is 1330. The molecule has 0 radical (unpaired) electrons. The number of carbonyl (C=O) groups excluding carboxylic acids is 2. The molecule has 2 aliphatic rings. The molecule has 3 aromatic rings. The molecular formula is C28H31FN6O2. The van der Waals surface area contributed by atoms with Crippen LogP contribution in [0, 0.1) is 5.82 Å². The lowest BCUT2D eigenvalue weighted by molar-refractivity contribution is -0.123. The van der Waals surface area contributed by atoms with Gasteiger partial charge in [0.25, 0.3) is 5.91 Å². The number of nitrogens with one attached hydrogen (secondary N) is 3. The molecule has 0 atom stereocenters. The Kier molecular flexibility index (Phi) is 6.54. The van der Waals surface area contributed by atoms with Gasteiger partial charge in [-0.25, -0.2) is 9.37 Å². The summed E-state index contributed by atoms with van der Waals surface area (Å²) in [6.07, 6.45) is 4.56. The van der Waals surface area contributed by atoms with E-state index in [0.29, 0.717) is 30.6 Å². The van der Waals surface area contributed by atoms with E-state index >= 15 is 0 Å². The summed E-state index contributed by atoms with van der Waals surface area (Å²) in [4.78, 5) is 35.7. The predicted octanol–water partition coefficient (Wildman–Crippen LogP) is 5.42. The number of likely N-dealkylation sites (N-methyl/N-ethyl adjacent to an activating group) is 1. The van der Waals surface area contributed by atoms with E-state index in [1.54, 1.807) is 24.3 Å². The molecule has 5 rings (SSSR count). The van der Waals surface area contributed by atoms with Gasteiger partial charge in [-0.15, -0.1) is 0 Å². The number of hydrogen-bond acceptors (Lipinski definition) is 6. The molecule has 0 spiro atoms. The molecule has 2 aromatic carbocycles. The van der Waals surface area contributed by atoms with Gasteiger partial charge in [0.2, 0.25) is 11.9 Å². The van der Waals surface area contributed by atoms with Crippen molar-refractivity contribution in [1.82, 2.24) is 15.3 Å². The summed E-state index contributed by atoms with van der Waals surface area (Å²) < 4.78 is 14.5. The van der Waals surface area contributed by atoms with Crippen LogP contribution in [-0.4, -0.2) is 34.4 Å². The number of amides is 2. The molecule has 2 amide bonds. The highest BCUT2D eigenvalue weighted by molar-refractivity contribution is 6.08. The van der Waals surface area contributed by atoms with Crippen LogP contribution in [0.3, 0.4) is 0 Å².